The number of rotatable bonds is 7. The highest BCUT2D eigenvalue weighted by atomic mass is 19.4. The molecule has 210 valence electrons. The van der Waals surface area contributed by atoms with Gasteiger partial charge in [-0.2, -0.15) is 13.2 Å². The van der Waals surface area contributed by atoms with Gasteiger partial charge >= 0.3 is 6.18 Å². The number of hydrogen-bond acceptors (Lipinski definition) is 7. The van der Waals surface area contributed by atoms with Crippen LogP contribution in [0.5, 0.6) is 5.75 Å². The summed E-state index contributed by atoms with van der Waals surface area (Å²) in [6, 6.07) is 10.9. The number of anilines is 4. The Balaban J connectivity index is 1.51. The van der Waals surface area contributed by atoms with E-state index in [0.717, 1.165) is 31.4 Å². The minimum absolute atomic E-state index is 0.0179. The number of halogens is 3. The summed E-state index contributed by atoms with van der Waals surface area (Å²) in [6.07, 6.45) is -1.42. The number of aromatic amines is 1. The van der Waals surface area contributed by atoms with E-state index in [9.17, 15) is 18.0 Å². The second-order valence-electron chi connectivity index (χ2n) is 9.93. The van der Waals surface area contributed by atoms with Crippen LogP contribution < -0.4 is 20.3 Å². The fourth-order valence-corrected chi connectivity index (χ4v) is 5.04. The van der Waals surface area contributed by atoms with Crippen molar-refractivity contribution in [2.24, 2.45) is 0 Å². The number of nitrogens with zero attached hydrogens (tertiary/aromatic N) is 4. The van der Waals surface area contributed by atoms with Crippen LogP contribution in [0.15, 0.2) is 48.8 Å². The zero-order valence-electron chi connectivity index (χ0n) is 22.6. The van der Waals surface area contributed by atoms with E-state index in [1.54, 1.807) is 30.3 Å². The number of hydrogen-bond donors (Lipinski definition) is 3. The van der Waals surface area contributed by atoms with Gasteiger partial charge < -0.3 is 30.2 Å². The summed E-state index contributed by atoms with van der Waals surface area (Å²) in [5.41, 5.74) is 1.58. The number of ether oxygens (including phenoxy) is 1. The number of aromatic nitrogens is 3. The third-order valence-corrected chi connectivity index (χ3v) is 7.04. The number of carbonyl (C=O) groups excluding carboxylic acids is 1. The lowest BCUT2D eigenvalue weighted by atomic mass is 10.1. The fourth-order valence-electron chi connectivity index (χ4n) is 5.04. The van der Waals surface area contributed by atoms with Crippen LogP contribution in [0.2, 0.25) is 0 Å². The molecule has 0 radical (unpaired) electrons. The van der Waals surface area contributed by atoms with E-state index < -0.39 is 11.7 Å². The Bertz CT molecular complexity index is 1550. The normalized spacial score (nSPS) is 15.6. The molecule has 0 spiro atoms. The first kappa shape index (κ1) is 27.3. The monoisotopic (exact) mass is 553 g/mol. The van der Waals surface area contributed by atoms with Gasteiger partial charge in [0.2, 0.25) is 11.9 Å². The van der Waals surface area contributed by atoms with Crippen molar-refractivity contribution in [1.29, 1.82) is 0 Å². The maximum Gasteiger partial charge on any atom is 0.419 e. The van der Waals surface area contributed by atoms with Crippen molar-refractivity contribution in [3.8, 4) is 17.0 Å². The Morgan fingerprint density at radius 1 is 1.23 bits per heavy atom. The summed E-state index contributed by atoms with van der Waals surface area (Å²) in [4.78, 5) is 27.6. The second kappa shape index (κ2) is 10.7. The molecule has 2 aromatic heterocycles. The number of alkyl halides is 3. The van der Waals surface area contributed by atoms with Crippen LogP contribution >= 0.6 is 0 Å². The summed E-state index contributed by atoms with van der Waals surface area (Å²) >= 11 is 0. The van der Waals surface area contributed by atoms with Crippen molar-refractivity contribution in [2.75, 3.05) is 49.8 Å². The molecule has 1 amide bonds. The molecule has 0 aliphatic carbocycles. The van der Waals surface area contributed by atoms with Gasteiger partial charge in [-0.3, -0.25) is 4.79 Å². The lowest BCUT2D eigenvalue weighted by molar-refractivity contribution is -0.137. The highest BCUT2D eigenvalue weighted by Gasteiger charge is 2.36. The lowest BCUT2D eigenvalue weighted by Crippen LogP contribution is -2.31. The summed E-state index contributed by atoms with van der Waals surface area (Å²) in [6.45, 7) is 3.08. The molecule has 1 aliphatic rings. The molecule has 40 heavy (non-hydrogen) atoms. The van der Waals surface area contributed by atoms with Crippen LogP contribution in [0.1, 0.15) is 18.9 Å². The zero-order chi connectivity index (χ0) is 28.6. The standard InChI is InChI=1S/C28H30F3N7O2/c1-16(39)34-22-12-17(8-9-23(22)38-11-10-18(15-38)37(2)3)35-27-33-14-21(28(29,30)31)25(36-27)20-13-32-26-19(20)6-5-7-24(26)40-4/h5-9,12-14,18,32H,10-11,15H2,1-4H3,(H,34,39)(H,33,35,36)/t18-/m1/s1. The Hall–Kier alpha value is -4.32. The van der Waals surface area contributed by atoms with Gasteiger partial charge in [0, 0.05) is 55.1 Å². The topological polar surface area (TPSA) is 98.4 Å². The van der Waals surface area contributed by atoms with Gasteiger partial charge in [0.25, 0.3) is 0 Å². The van der Waals surface area contributed by atoms with Gasteiger partial charge in [0.1, 0.15) is 11.3 Å². The van der Waals surface area contributed by atoms with Gasteiger partial charge in [-0.1, -0.05) is 12.1 Å². The molecule has 1 aliphatic heterocycles. The smallest absolute Gasteiger partial charge is 0.419 e. The molecule has 1 saturated heterocycles. The van der Waals surface area contributed by atoms with E-state index in [4.69, 9.17) is 4.74 Å². The predicted molar refractivity (Wildman–Crippen MR) is 149 cm³/mol. The minimum Gasteiger partial charge on any atom is -0.495 e. The average molecular weight is 554 g/mol. The van der Waals surface area contributed by atoms with Crippen LogP contribution in [0.4, 0.5) is 36.2 Å². The number of likely N-dealkylation sites (N-methyl/N-ethyl adjacent to an activating group) is 1. The van der Waals surface area contributed by atoms with Gasteiger partial charge in [0.15, 0.2) is 0 Å². The van der Waals surface area contributed by atoms with Crippen LogP contribution in [0, 0.1) is 0 Å². The molecule has 2 aromatic carbocycles. The molecule has 3 N–H and O–H groups in total. The van der Waals surface area contributed by atoms with Crippen molar-refractivity contribution in [1.82, 2.24) is 19.9 Å². The SMILES string of the molecule is COc1cccc2c(-c3nc(Nc4ccc(N5CC[C@@H](N(C)C)C5)c(NC(C)=O)c4)ncc3C(F)(F)F)c[nH]c12. The molecule has 0 unspecified atom stereocenters. The van der Waals surface area contributed by atoms with Crippen LogP contribution in [-0.4, -0.2) is 66.1 Å². The first-order chi connectivity index (χ1) is 19.0. The van der Waals surface area contributed by atoms with Crippen molar-refractivity contribution in [3.63, 3.8) is 0 Å². The Morgan fingerprint density at radius 2 is 2.02 bits per heavy atom. The van der Waals surface area contributed by atoms with E-state index in [-0.39, 0.29) is 23.1 Å². The first-order valence-electron chi connectivity index (χ1n) is 12.7. The molecule has 12 heteroatoms. The highest BCUT2D eigenvalue weighted by molar-refractivity contribution is 5.98. The third kappa shape index (κ3) is 5.39. The predicted octanol–water partition coefficient (Wildman–Crippen LogP) is 5.49. The maximum atomic E-state index is 14.0. The summed E-state index contributed by atoms with van der Waals surface area (Å²) in [5.74, 6) is 0.255. The van der Waals surface area contributed by atoms with E-state index >= 15 is 0 Å². The first-order valence-corrected chi connectivity index (χ1v) is 12.7. The molecular formula is C28H30F3N7O2. The fraction of sp³-hybridized carbons (Fsp3) is 0.321. The Morgan fingerprint density at radius 3 is 2.70 bits per heavy atom. The summed E-state index contributed by atoms with van der Waals surface area (Å²) < 4.78 is 47.4. The molecule has 9 nitrogen and oxygen atoms in total. The van der Waals surface area contributed by atoms with Crippen LogP contribution in [0.3, 0.4) is 0 Å². The molecule has 5 rings (SSSR count). The van der Waals surface area contributed by atoms with Gasteiger partial charge in [-0.25, -0.2) is 9.97 Å². The molecule has 3 heterocycles. The molecule has 0 bridgehead atoms. The van der Waals surface area contributed by atoms with E-state index in [2.05, 4.69) is 35.4 Å². The Labute approximate surface area is 229 Å². The van der Waals surface area contributed by atoms with Gasteiger partial charge in [0.05, 0.1) is 29.7 Å². The largest absolute Gasteiger partial charge is 0.495 e. The maximum absolute atomic E-state index is 14.0. The molecule has 4 aromatic rings. The number of methoxy groups -OCH3 is 1. The third-order valence-electron chi connectivity index (χ3n) is 7.04. The van der Waals surface area contributed by atoms with Crippen LogP contribution in [-0.2, 0) is 11.0 Å². The van der Waals surface area contributed by atoms with E-state index in [0.29, 0.717) is 34.1 Å². The minimum atomic E-state index is -4.67. The number of amides is 1. The average Bonchev–Trinajstić information content (AvgIpc) is 3.56. The lowest BCUT2D eigenvalue weighted by Gasteiger charge is -2.24. The zero-order valence-corrected chi connectivity index (χ0v) is 22.6. The second-order valence-corrected chi connectivity index (χ2v) is 9.93. The molecular weight excluding hydrogens is 523 g/mol. The van der Waals surface area contributed by atoms with Crippen molar-refractivity contribution < 1.29 is 22.7 Å². The van der Waals surface area contributed by atoms with E-state index in [1.165, 1.54) is 20.2 Å². The van der Waals surface area contributed by atoms with E-state index in [1.807, 2.05) is 20.2 Å². The number of benzene rings is 2. The van der Waals surface area contributed by atoms with Crippen LogP contribution in [0.25, 0.3) is 22.2 Å². The Kier molecular flexibility index (Phi) is 7.28. The van der Waals surface area contributed by atoms with Gasteiger partial charge in [-0.05, 0) is 44.8 Å². The molecule has 1 atom stereocenters. The summed E-state index contributed by atoms with van der Waals surface area (Å²) in [5, 5.41) is 6.42. The van der Waals surface area contributed by atoms with Crippen molar-refractivity contribution >= 4 is 39.8 Å². The number of H-pyrrole nitrogens is 1. The highest BCUT2D eigenvalue weighted by Crippen LogP contribution is 2.40. The van der Waals surface area contributed by atoms with Crippen molar-refractivity contribution in [3.05, 3.63) is 54.4 Å². The quantitative estimate of drug-likeness (QED) is 0.278. The molecule has 0 saturated carbocycles. The van der Waals surface area contributed by atoms with Gasteiger partial charge in [-0.15, -0.1) is 0 Å². The number of nitrogens with one attached hydrogen (secondary N) is 3. The number of carbonyl (C=O) groups is 1. The summed E-state index contributed by atoms with van der Waals surface area (Å²) in [7, 11) is 5.58. The number of fused-ring (bicyclic) bond motifs is 1. The molecule has 1 fully saturated rings. The van der Waals surface area contributed by atoms with Crippen molar-refractivity contribution in [2.45, 2.75) is 25.6 Å². The number of para-hydroxylation sites is 1.